The van der Waals surface area contributed by atoms with Crippen LogP contribution in [0, 0.1) is 0 Å². The fraction of sp³-hybridized carbons (Fsp3) is 0.0345. The monoisotopic (exact) mass is 424 g/mol. The molecule has 33 heavy (non-hydrogen) atoms. The van der Waals surface area contributed by atoms with Crippen molar-refractivity contribution in [3.05, 3.63) is 108 Å². The van der Waals surface area contributed by atoms with E-state index in [9.17, 15) is 0 Å². The minimum atomic E-state index is 0.343. The minimum Gasteiger partial charge on any atom is -0.269 e. The quantitative estimate of drug-likeness (QED) is 0.237. The Kier molecular flexibility index (Phi) is 4.81. The van der Waals surface area contributed by atoms with Crippen LogP contribution in [0.1, 0.15) is 11.1 Å². The molecular formula is C29H20N4. The van der Waals surface area contributed by atoms with Gasteiger partial charge in [-0.2, -0.15) is 0 Å². The van der Waals surface area contributed by atoms with Crippen LogP contribution < -0.4 is 0 Å². The second kappa shape index (κ2) is 8.24. The maximum Gasteiger partial charge on any atom is 0.129 e. The summed E-state index contributed by atoms with van der Waals surface area (Å²) in [6.45, 7) is 0.343. The van der Waals surface area contributed by atoms with E-state index in [2.05, 4.69) is 34.3 Å². The lowest BCUT2D eigenvalue weighted by atomic mass is 10.0. The Morgan fingerprint density at radius 1 is 0.455 bits per heavy atom. The first kappa shape index (κ1) is 19.3. The third kappa shape index (κ3) is 3.52. The first-order valence-electron chi connectivity index (χ1n) is 10.9. The van der Waals surface area contributed by atoms with Gasteiger partial charge >= 0.3 is 0 Å². The SMILES string of the molecule is C(=NCN=Cc1c2ccccc2nc2ccccc12)c1c2ccccc2nc2ccccc12. The van der Waals surface area contributed by atoms with Gasteiger partial charge in [0.25, 0.3) is 0 Å². The van der Waals surface area contributed by atoms with Gasteiger partial charge in [-0.05, 0) is 24.3 Å². The van der Waals surface area contributed by atoms with Gasteiger partial charge in [-0.15, -0.1) is 0 Å². The molecule has 0 saturated heterocycles. The Morgan fingerprint density at radius 3 is 1.09 bits per heavy atom. The minimum absolute atomic E-state index is 0.343. The zero-order valence-corrected chi connectivity index (χ0v) is 17.9. The van der Waals surface area contributed by atoms with Gasteiger partial charge in [0.1, 0.15) is 6.67 Å². The molecule has 156 valence electrons. The van der Waals surface area contributed by atoms with E-state index in [1.165, 1.54) is 0 Å². The van der Waals surface area contributed by atoms with Crippen LogP contribution in [-0.4, -0.2) is 29.1 Å². The smallest absolute Gasteiger partial charge is 0.129 e. The predicted molar refractivity (Wildman–Crippen MR) is 139 cm³/mol. The molecule has 4 aromatic carbocycles. The number of hydrogen-bond acceptors (Lipinski definition) is 4. The molecule has 4 heteroatoms. The molecule has 0 aliphatic rings. The number of hydrogen-bond donors (Lipinski definition) is 0. The van der Waals surface area contributed by atoms with E-state index in [0.717, 1.165) is 54.7 Å². The van der Waals surface area contributed by atoms with Crippen LogP contribution in [0.25, 0.3) is 43.6 Å². The highest BCUT2D eigenvalue weighted by Gasteiger charge is 2.07. The molecule has 0 atom stereocenters. The summed E-state index contributed by atoms with van der Waals surface area (Å²) in [5, 5.41) is 4.37. The number of pyridine rings is 2. The lowest BCUT2D eigenvalue weighted by molar-refractivity contribution is 1.08. The van der Waals surface area contributed by atoms with Crippen molar-refractivity contribution in [1.29, 1.82) is 0 Å². The van der Waals surface area contributed by atoms with E-state index in [-0.39, 0.29) is 0 Å². The third-order valence-corrected chi connectivity index (χ3v) is 5.86. The number of nitrogens with zero attached hydrogens (tertiary/aromatic N) is 4. The fourth-order valence-corrected chi connectivity index (χ4v) is 4.33. The highest BCUT2D eigenvalue weighted by atomic mass is 14.9. The average molecular weight is 425 g/mol. The van der Waals surface area contributed by atoms with Crippen LogP contribution in [0.15, 0.2) is 107 Å². The van der Waals surface area contributed by atoms with Gasteiger partial charge in [-0.25, -0.2) is 9.97 Å². The number of benzene rings is 4. The largest absolute Gasteiger partial charge is 0.269 e. The van der Waals surface area contributed by atoms with Gasteiger partial charge in [-0.3, -0.25) is 9.98 Å². The van der Waals surface area contributed by atoms with Crippen LogP contribution in [0.4, 0.5) is 0 Å². The summed E-state index contributed by atoms with van der Waals surface area (Å²) in [4.78, 5) is 18.9. The van der Waals surface area contributed by atoms with Crippen molar-refractivity contribution in [1.82, 2.24) is 9.97 Å². The Morgan fingerprint density at radius 2 is 0.758 bits per heavy atom. The van der Waals surface area contributed by atoms with Gasteiger partial charge in [0.15, 0.2) is 0 Å². The van der Waals surface area contributed by atoms with Crippen LogP contribution in [0.5, 0.6) is 0 Å². The molecule has 6 aromatic rings. The third-order valence-electron chi connectivity index (χ3n) is 5.86. The number of aliphatic imine (C=N–C) groups is 2. The summed E-state index contributed by atoms with van der Waals surface area (Å²) in [5.41, 5.74) is 6.02. The summed E-state index contributed by atoms with van der Waals surface area (Å²) in [6.07, 6.45) is 3.85. The molecule has 2 aromatic heterocycles. The Bertz CT molecular complexity index is 1460. The summed E-state index contributed by atoms with van der Waals surface area (Å²) in [6, 6.07) is 32.7. The topological polar surface area (TPSA) is 50.5 Å². The van der Waals surface area contributed by atoms with E-state index in [1.807, 2.05) is 85.2 Å². The summed E-state index contributed by atoms with van der Waals surface area (Å²) < 4.78 is 0. The van der Waals surface area contributed by atoms with Crippen LogP contribution in [0.2, 0.25) is 0 Å². The Hall–Kier alpha value is -4.44. The van der Waals surface area contributed by atoms with Crippen LogP contribution in [0.3, 0.4) is 0 Å². The van der Waals surface area contributed by atoms with E-state index in [0.29, 0.717) is 6.67 Å². The normalized spacial score (nSPS) is 12.1. The van der Waals surface area contributed by atoms with E-state index in [1.54, 1.807) is 0 Å². The maximum absolute atomic E-state index is 4.78. The lowest BCUT2D eigenvalue weighted by Gasteiger charge is -2.07. The highest BCUT2D eigenvalue weighted by Crippen LogP contribution is 2.25. The van der Waals surface area contributed by atoms with Crippen LogP contribution in [-0.2, 0) is 0 Å². The van der Waals surface area contributed by atoms with Crippen molar-refractivity contribution in [2.45, 2.75) is 0 Å². The molecule has 2 heterocycles. The number of fused-ring (bicyclic) bond motifs is 4. The number of rotatable bonds is 4. The second-order valence-electron chi connectivity index (χ2n) is 7.88. The standard InChI is InChI=1S/C29H20N4/c1-5-13-26-20(9-1)24(21-10-2-6-14-27(21)32-26)17-30-19-31-18-25-22-11-3-7-15-28(22)33-29-16-8-4-12-23(25)29/h1-18H,19H2. The summed E-state index contributed by atoms with van der Waals surface area (Å²) in [7, 11) is 0. The molecule has 6 rings (SSSR count). The molecule has 0 bridgehead atoms. The summed E-state index contributed by atoms with van der Waals surface area (Å²) in [5.74, 6) is 0. The molecule has 0 aliphatic carbocycles. The van der Waals surface area contributed by atoms with Gasteiger partial charge in [0.05, 0.1) is 22.1 Å². The molecule has 0 radical (unpaired) electrons. The van der Waals surface area contributed by atoms with E-state index in [4.69, 9.17) is 9.97 Å². The van der Waals surface area contributed by atoms with Gasteiger partial charge in [0, 0.05) is 45.1 Å². The predicted octanol–water partition coefficient (Wildman–Crippen LogP) is 6.58. The van der Waals surface area contributed by atoms with E-state index >= 15 is 0 Å². The molecule has 0 unspecified atom stereocenters. The molecule has 0 N–H and O–H groups in total. The molecule has 0 fully saturated rings. The van der Waals surface area contributed by atoms with Gasteiger partial charge < -0.3 is 0 Å². The maximum atomic E-state index is 4.78. The van der Waals surface area contributed by atoms with Gasteiger partial charge in [0.2, 0.25) is 0 Å². The number of aromatic nitrogens is 2. The highest BCUT2D eigenvalue weighted by molar-refractivity contribution is 6.11. The Balaban J connectivity index is 1.37. The second-order valence-corrected chi connectivity index (χ2v) is 7.88. The van der Waals surface area contributed by atoms with Crippen LogP contribution >= 0.6 is 0 Å². The lowest BCUT2D eigenvalue weighted by Crippen LogP contribution is -1.93. The molecule has 0 spiro atoms. The zero-order valence-electron chi connectivity index (χ0n) is 17.9. The molecule has 0 amide bonds. The van der Waals surface area contributed by atoms with Gasteiger partial charge in [-0.1, -0.05) is 72.8 Å². The van der Waals surface area contributed by atoms with Crippen molar-refractivity contribution in [2.75, 3.05) is 6.67 Å². The molecule has 0 aliphatic heterocycles. The first-order chi connectivity index (χ1) is 16.4. The van der Waals surface area contributed by atoms with E-state index < -0.39 is 0 Å². The zero-order chi connectivity index (χ0) is 22.0. The number of para-hydroxylation sites is 4. The van der Waals surface area contributed by atoms with Crippen molar-refractivity contribution in [3.8, 4) is 0 Å². The van der Waals surface area contributed by atoms with Crippen molar-refractivity contribution in [3.63, 3.8) is 0 Å². The fourth-order valence-electron chi connectivity index (χ4n) is 4.33. The summed E-state index contributed by atoms with van der Waals surface area (Å²) >= 11 is 0. The van der Waals surface area contributed by atoms with Crippen molar-refractivity contribution in [2.24, 2.45) is 9.98 Å². The first-order valence-corrected chi connectivity index (χ1v) is 10.9. The molecule has 0 saturated carbocycles. The Labute approximate surface area is 191 Å². The van der Waals surface area contributed by atoms with Crippen molar-refractivity contribution < 1.29 is 0 Å². The molecule has 4 nitrogen and oxygen atoms in total. The molecular weight excluding hydrogens is 404 g/mol. The van der Waals surface area contributed by atoms with Crippen molar-refractivity contribution >= 4 is 56.0 Å². The average Bonchev–Trinajstić information content (AvgIpc) is 2.87.